The van der Waals surface area contributed by atoms with Crippen molar-refractivity contribution in [1.82, 2.24) is 0 Å². The predicted octanol–water partition coefficient (Wildman–Crippen LogP) is 5.53. The van der Waals surface area contributed by atoms with Gasteiger partial charge in [-0.15, -0.1) is 0 Å². The molecular weight excluding hydrogens is 328 g/mol. The number of hydrogen-bond donors (Lipinski definition) is 0. The Hall–Kier alpha value is -1.72. The fourth-order valence-corrected chi connectivity index (χ4v) is 2.48. The molecule has 0 saturated heterocycles. The van der Waals surface area contributed by atoms with Gasteiger partial charge >= 0.3 is 0 Å². The van der Waals surface area contributed by atoms with Gasteiger partial charge in [-0.2, -0.15) is 0 Å². The molecule has 0 N–H and O–H groups in total. The molecule has 0 fully saturated rings. The standard InChI is InChI=1S/C22H30O4/c1-21(2,19-13-7-5-8-14-19)25-23-17-11-12-18-24-26-22(3,4)20-15-9-6-10-16-20/h5-10,13-16H,11-12,17-18H2,1-4H3. The Morgan fingerprint density at radius 2 is 0.923 bits per heavy atom. The molecule has 0 spiro atoms. The fraction of sp³-hybridized carbons (Fsp3) is 0.455. The highest BCUT2D eigenvalue weighted by molar-refractivity contribution is 5.21. The van der Waals surface area contributed by atoms with Crippen LogP contribution in [-0.2, 0) is 30.8 Å². The van der Waals surface area contributed by atoms with E-state index < -0.39 is 11.2 Å². The molecular formula is C22H30O4. The third-order valence-electron chi connectivity index (χ3n) is 4.18. The van der Waals surface area contributed by atoms with Gasteiger partial charge < -0.3 is 0 Å². The third kappa shape index (κ3) is 6.54. The van der Waals surface area contributed by atoms with Gasteiger partial charge in [0, 0.05) is 0 Å². The van der Waals surface area contributed by atoms with Gasteiger partial charge in [0.15, 0.2) is 0 Å². The van der Waals surface area contributed by atoms with Crippen LogP contribution in [0.5, 0.6) is 0 Å². The molecule has 142 valence electrons. The molecule has 4 nitrogen and oxygen atoms in total. The van der Waals surface area contributed by atoms with Crippen molar-refractivity contribution < 1.29 is 19.6 Å². The van der Waals surface area contributed by atoms with Crippen LogP contribution in [0.1, 0.15) is 51.7 Å². The summed E-state index contributed by atoms with van der Waals surface area (Å²) in [7, 11) is 0. The van der Waals surface area contributed by atoms with E-state index in [1.807, 2.05) is 88.4 Å². The summed E-state index contributed by atoms with van der Waals surface area (Å²) < 4.78 is 0. The van der Waals surface area contributed by atoms with Crippen molar-refractivity contribution in [3.63, 3.8) is 0 Å². The predicted molar refractivity (Wildman–Crippen MR) is 102 cm³/mol. The van der Waals surface area contributed by atoms with E-state index in [0.29, 0.717) is 13.2 Å². The summed E-state index contributed by atoms with van der Waals surface area (Å²) in [5, 5.41) is 0. The maximum Gasteiger partial charge on any atom is 0.123 e. The quantitative estimate of drug-likeness (QED) is 0.300. The van der Waals surface area contributed by atoms with E-state index in [-0.39, 0.29) is 0 Å². The average Bonchev–Trinajstić information content (AvgIpc) is 2.65. The molecule has 2 aromatic carbocycles. The summed E-state index contributed by atoms with van der Waals surface area (Å²) in [4.78, 5) is 21.9. The van der Waals surface area contributed by atoms with E-state index in [0.717, 1.165) is 24.0 Å². The maximum absolute atomic E-state index is 5.56. The lowest BCUT2D eigenvalue weighted by molar-refractivity contribution is -0.365. The van der Waals surface area contributed by atoms with Crippen molar-refractivity contribution in [2.45, 2.75) is 51.7 Å². The minimum atomic E-state index is -0.472. The van der Waals surface area contributed by atoms with E-state index >= 15 is 0 Å². The normalized spacial score (nSPS) is 12.3. The van der Waals surface area contributed by atoms with Gasteiger partial charge in [-0.25, -0.2) is 19.6 Å². The average molecular weight is 358 g/mol. The van der Waals surface area contributed by atoms with Gasteiger partial charge in [0.1, 0.15) is 11.2 Å². The SMILES string of the molecule is CC(C)(OOCCCCOOC(C)(C)c1ccccc1)c1ccccc1. The highest BCUT2D eigenvalue weighted by Gasteiger charge is 2.23. The maximum atomic E-state index is 5.56. The molecule has 26 heavy (non-hydrogen) atoms. The smallest absolute Gasteiger partial charge is 0.123 e. The summed E-state index contributed by atoms with van der Waals surface area (Å²) in [6, 6.07) is 20.1. The van der Waals surface area contributed by atoms with Crippen LogP contribution in [-0.4, -0.2) is 13.2 Å². The highest BCUT2D eigenvalue weighted by Crippen LogP contribution is 2.25. The monoisotopic (exact) mass is 358 g/mol. The first kappa shape index (κ1) is 20.6. The molecule has 0 aromatic heterocycles. The summed E-state index contributed by atoms with van der Waals surface area (Å²) in [5.74, 6) is 0. The lowest BCUT2D eigenvalue weighted by atomic mass is 9.99. The van der Waals surface area contributed by atoms with E-state index in [1.54, 1.807) is 0 Å². The molecule has 0 heterocycles. The van der Waals surface area contributed by atoms with E-state index in [4.69, 9.17) is 19.6 Å². The molecule has 2 aromatic rings. The van der Waals surface area contributed by atoms with Crippen LogP contribution >= 0.6 is 0 Å². The molecule has 0 aliphatic rings. The van der Waals surface area contributed by atoms with Crippen LogP contribution in [0.2, 0.25) is 0 Å². The van der Waals surface area contributed by atoms with Crippen LogP contribution < -0.4 is 0 Å². The van der Waals surface area contributed by atoms with Gasteiger partial charge in [-0.3, -0.25) is 0 Å². The summed E-state index contributed by atoms with van der Waals surface area (Å²) in [5.41, 5.74) is 1.22. The Morgan fingerprint density at radius 3 is 1.27 bits per heavy atom. The zero-order valence-electron chi connectivity index (χ0n) is 16.2. The minimum Gasteiger partial charge on any atom is -0.236 e. The largest absolute Gasteiger partial charge is 0.236 e. The van der Waals surface area contributed by atoms with Crippen molar-refractivity contribution >= 4 is 0 Å². The molecule has 4 heteroatoms. The third-order valence-corrected chi connectivity index (χ3v) is 4.18. The number of benzene rings is 2. The summed E-state index contributed by atoms with van der Waals surface area (Å²) >= 11 is 0. The topological polar surface area (TPSA) is 36.9 Å². The molecule has 0 saturated carbocycles. The van der Waals surface area contributed by atoms with Crippen molar-refractivity contribution in [1.29, 1.82) is 0 Å². The van der Waals surface area contributed by atoms with E-state index in [2.05, 4.69) is 0 Å². The zero-order chi connectivity index (χ0) is 18.9. The Bertz CT molecular complexity index is 566. The van der Waals surface area contributed by atoms with Crippen LogP contribution in [0.4, 0.5) is 0 Å². The molecule has 0 bridgehead atoms. The van der Waals surface area contributed by atoms with Gasteiger partial charge in [0.25, 0.3) is 0 Å². The first-order valence-corrected chi connectivity index (χ1v) is 9.14. The number of rotatable bonds is 11. The lowest BCUT2D eigenvalue weighted by Gasteiger charge is -2.24. The molecule has 2 rings (SSSR count). The lowest BCUT2D eigenvalue weighted by Crippen LogP contribution is -2.22. The molecule has 0 unspecified atom stereocenters. The van der Waals surface area contributed by atoms with Gasteiger partial charge in [0.05, 0.1) is 13.2 Å². The van der Waals surface area contributed by atoms with Gasteiger partial charge in [-0.1, -0.05) is 60.7 Å². The first-order valence-electron chi connectivity index (χ1n) is 9.14. The Kier molecular flexibility index (Phi) is 7.79. The summed E-state index contributed by atoms with van der Waals surface area (Å²) in [6.07, 6.45) is 1.67. The van der Waals surface area contributed by atoms with Crippen LogP contribution in [0, 0.1) is 0 Å². The van der Waals surface area contributed by atoms with Crippen molar-refractivity contribution in [2.75, 3.05) is 13.2 Å². The Morgan fingerprint density at radius 1 is 0.577 bits per heavy atom. The van der Waals surface area contributed by atoms with Crippen molar-refractivity contribution in [3.05, 3.63) is 71.8 Å². The second kappa shape index (κ2) is 9.83. The Balaban J connectivity index is 1.57. The van der Waals surface area contributed by atoms with E-state index in [9.17, 15) is 0 Å². The van der Waals surface area contributed by atoms with Crippen LogP contribution in [0.3, 0.4) is 0 Å². The van der Waals surface area contributed by atoms with Crippen LogP contribution in [0.25, 0.3) is 0 Å². The molecule has 0 radical (unpaired) electrons. The first-order chi connectivity index (χ1) is 12.4. The highest BCUT2D eigenvalue weighted by atomic mass is 17.2. The molecule has 0 atom stereocenters. The Labute approximate surface area is 156 Å². The van der Waals surface area contributed by atoms with Crippen molar-refractivity contribution in [2.24, 2.45) is 0 Å². The number of unbranched alkanes of at least 4 members (excludes halogenated alkanes) is 1. The van der Waals surface area contributed by atoms with Crippen LogP contribution in [0.15, 0.2) is 60.7 Å². The fourth-order valence-electron chi connectivity index (χ4n) is 2.48. The molecule has 0 aliphatic heterocycles. The molecule has 0 aliphatic carbocycles. The second-order valence-electron chi connectivity index (χ2n) is 7.27. The minimum absolute atomic E-state index is 0.472. The molecule has 0 amide bonds. The second-order valence-corrected chi connectivity index (χ2v) is 7.27. The van der Waals surface area contributed by atoms with Gasteiger partial charge in [0.2, 0.25) is 0 Å². The zero-order valence-corrected chi connectivity index (χ0v) is 16.2. The number of hydrogen-bond acceptors (Lipinski definition) is 4. The van der Waals surface area contributed by atoms with Gasteiger partial charge in [-0.05, 0) is 51.7 Å². The summed E-state index contributed by atoms with van der Waals surface area (Å²) in [6.45, 7) is 9.00. The van der Waals surface area contributed by atoms with E-state index in [1.165, 1.54) is 0 Å². The van der Waals surface area contributed by atoms with Crippen molar-refractivity contribution in [3.8, 4) is 0 Å².